The number of hydrogen-bond donors (Lipinski definition) is 1. The fourth-order valence-electron chi connectivity index (χ4n) is 2.54. The monoisotopic (exact) mass is 401 g/mol. The summed E-state index contributed by atoms with van der Waals surface area (Å²) in [5, 5.41) is 5.55. The molecule has 1 aromatic carbocycles. The molecule has 0 aliphatic heterocycles. The van der Waals surface area contributed by atoms with Crippen LogP contribution < -0.4 is 5.32 Å². The van der Waals surface area contributed by atoms with Gasteiger partial charge in [0.15, 0.2) is 9.84 Å². The summed E-state index contributed by atoms with van der Waals surface area (Å²) >= 11 is 1.45. The van der Waals surface area contributed by atoms with Gasteiger partial charge < -0.3 is 5.32 Å². The van der Waals surface area contributed by atoms with Gasteiger partial charge >= 0.3 is 0 Å². The van der Waals surface area contributed by atoms with Gasteiger partial charge in [-0.1, -0.05) is 18.2 Å². The van der Waals surface area contributed by atoms with Crippen molar-refractivity contribution < 1.29 is 13.2 Å². The van der Waals surface area contributed by atoms with Gasteiger partial charge in [-0.2, -0.15) is 0 Å². The minimum absolute atomic E-state index is 0.146. The fourth-order valence-corrected chi connectivity index (χ4v) is 3.96. The maximum atomic E-state index is 12.3. The van der Waals surface area contributed by atoms with E-state index in [1.54, 1.807) is 30.5 Å². The van der Waals surface area contributed by atoms with Crippen LogP contribution in [0.15, 0.2) is 58.9 Å². The second kappa shape index (κ2) is 7.98. The summed E-state index contributed by atoms with van der Waals surface area (Å²) in [4.78, 5) is 21.3. The van der Waals surface area contributed by atoms with Gasteiger partial charge in [-0.15, -0.1) is 11.3 Å². The molecule has 0 bridgehead atoms. The molecule has 0 fully saturated rings. The first-order chi connectivity index (χ1) is 12.8. The predicted molar refractivity (Wildman–Crippen MR) is 105 cm³/mol. The molecule has 27 heavy (non-hydrogen) atoms. The van der Waals surface area contributed by atoms with Crippen LogP contribution in [0.4, 0.5) is 0 Å². The smallest absolute Gasteiger partial charge is 0.226 e. The van der Waals surface area contributed by atoms with Gasteiger partial charge in [0, 0.05) is 17.8 Å². The molecule has 3 rings (SSSR count). The minimum Gasteiger partial charge on any atom is -0.349 e. The van der Waals surface area contributed by atoms with Crippen LogP contribution in [0.5, 0.6) is 0 Å². The highest BCUT2D eigenvalue weighted by Gasteiger charge is 2.14. The maximum absolute atomic E-state index is 12.3. The second-order valence-electron chi connectivity index (χ2n) is 6.17. The largest absolute Gasteiger partial charge is 0.349 e. The topological polar surface area (TPSA) is 89.0 Å². The number of thiazole rings is 1. The van der Waals surface area contributed by atoms with E-state index in [0.717, 1.165) is 16.3 Å². The van der Waals surface area contributed by atoms with Crippen LogP contribution >= 0.6 is 11.3 Å². The van der Waals surface area contributed by atoms with Crippen molar-refractivity contribution in [1.29, 1.82) is 0 Å². The van der Waals surface area contributed by atoms with E-state index < -0.39 is 9.84 Å². The molecule has 0 saturated heterocycles. The molecule has 3 aromatic rings. The van der Waals surface area contributed by atoms with E-state index in [2.05, 4.69) is 15.3 Å². The molecule has 1 amide bonds. The van der Waals surface area contributed by atoms with Crippen LogP contribution in [-0.2, 0) is 21.1 Å². The normalized spacial score (nSPS) is 12.5. The van der Waals surface area contributed by atoms with E-state index in [1.807, 2.05) is 30.5 Å². The van der Waals surface area contributed by atoms with Gasteiger partial charge in [-0.3, -0.25) is 9.78 Å². The zero-order chi connectivity index (χ0) is 19.4. The first-order valence-electron chi connectivity index (χ1n) is 8.28. The average molecular weight is 402 g/mol. The van der Waals surface area contributed by atoms with Crippen LogP contribution in [0.2, 0.25) is 0 Å². The van der Waals surface area contributed by atoms with Crippen LogP contribution in [0.25, 0.3) is 10.7 Å². The molecule has 0 spiro atoms. The number of carbonyl (C=O) groups is 1. The molecular weight excluding hydrogens is 382 g/mol. The Morgan fingerprint density at radius 2 is 1.93 bits per heavy atom. The summed E-state index contributed by atoms with van der Waals surface area (Å²) in [7, 11) is -3.23. The lowest BCUT2D eigenvalue weighted by atomic mass is 10.1. The quantitative estimate of drug-likeness (QED) is 0.686. The van der Waals surface area contributed by atoms with Gasteiger partial charge in [0.1, 0.15) is 5.01 Å². The molecule has 2 aromatic heterocycles. The number of rotatable bonds is 6. The van der Waals surface area contributed by atoms with Crippen molar-refractivity contribution in [3.8, 4) is 10.7 Å². The molecule has 8 heteroatoms. The highest BCUT2D eigenvalue weighted by Crippen LogP contribution is 2.22. The third-order valence-electron chi connectivity index (χ3n) is 3.96. The van der Waals surface area contributed by atoms with Crippen molar-refractivity contribution in [1.82, 2.24) is 15.3 Å². The molecule has 1 unspecified atom stereocenters. The molecular formula is C19H19N3O3S2. The zero-order valence-electron chi connectivity index (χ0n) is 14.9. The van der Waals surface area contributed by atoms with Gasteiger partial charge in [0.2, 0.25) is 5.91 Å². The standard InChI is InChI=1S/C19H19N3O3S2/c1-13(14-6-8-16(9-7-14)27(2,24)25)21-18(23)11-15-12-26-19(22-15)17-5-3-4-10-20-17/h3-10,12-13H,11H2,1-2H3,(H,21,23). The van der Waals surface area contributed by atoms with Gasteiger partial charge in [-0.25, -0.2) is 13.4 Å². The maximum Gasteiger partial charge on any atom is 0.226 e. The van der Waals surface area contributed by atoms with Crippen molar-refractivity contribution in [3.63, 3.8) is 0 Å². The van der Waals surface area contributed by atoms with Gasteiger partial charge in [0.25, 0.3) is 0 Å². The Hall–Kier alpha value is -2.58. The molecule has 0 saturated carbocycles. The highest BCUT2D eigenvalue weighted by molar-refractivity contribution is 7.90. The van der Waals surface area contributed by atoms with Crippen molar-refractivity contribution in [2.75, 3.05) is 6.26 Å². The first-order valence-corrected chi connectivity index (χ1v) is 11.1. The number of nitrogens with one attached hydrogen (secondary N) is 1. The Kier molecular flexibility index (Phi) is 5.67. The van der Waals surface area contributed by atoms with Crippen LogP contribution in [-0.4, -0.2) is 30.5 Å². The summed E-state index contributed by atoms with van der Waals surface area (Å²) in [5.41, 5.74) is 2.31. The molecule has 0 radical (unpaired) electrons. The van der Waals surface area contributed by atoms with Gasteiger partial charge in [0.05, 0.1) is 28.7 Å². The SMILES string of the molecule is CC(NC(=O)Cc1csc(-c2ccccn2)n1)c1ccc(S(C)(=O)=O)cc1. The summed E-state index contributed by atoms with van der Waals surface area (Å²) in [6, 6.07) is 11.9. The van der Waals surface area contributed by atoms with E-state index in [0.29, 0.717) is 5.69 Å². The predicted octanol–water partition coefficient (Wildman–Crippen LogP) is 3.03. The molecule has 1 atom stereocenters. The molecule has 1 N–H and O–H groups in total. The number of aromatic nitrogens is 2. The van der Waals surface area contributed by atoms with E-state index in [4.69, 9.17) is 0 Å². The lowest BCUT2D eigenvalue weighted by Gasteiger charge is -2.14. The Labute approximate surface area is 162 Å². The number of amides is 1. The Bertz CT molecular complexity index is 1030. The lowest BCUT2D eigenvalue weighted by molar-refractivity contribution is -0.121. The van der Waals surface area contributed by atoms with Crippen LogP contribution in [0.3, 0.4) is 0 Å². The zero-order valence-corrected chi connectivity index (χ0v) is 16.5. The first kappa shape index (κ1) is 19.2. The average Bonchev–Trinajstić information content (AvgIpc) is 3.10. The highest BCUT2D eigenvalue weighted by atomic mass is 32.2. The molecule has 6 nitrogen and oxygen atoms in total. The number of pyridine rings is 1. The molecule has 0 aliphatic rings. The third-order valence-corrected chi connectivity index (χ3v) is 6.01. The third kappa shape index (κ3) is 4.99. The summed E-state index contributed by atoms with van der Waals surface area (Å²) in [6.07, 6.45) is 3.05. The van der Waals surface area contributed by atoms with E-state index in [1.165, 1.54) is 17.6 Å². The van der Waals surface area contributed by atoms with E-state index in [9.17, 15) is 13.2 Å². The van der Waals surface area contributed by atoms with Crippen LogP contribution in [0, 0.1) is 0 Å². The fraction of sp³-hybridized carbons (Fsp3) is 0.211. The molecule has 140 valence electrons. The lowest BCUT2D eigenvalue weighted by Crippen LogP contribution is -2.28. The van der Waals surface area contributed by atoms with Gasteiger partial charge in [-0.05, 0) is 36.8 Å². The van der Waals surface area contributed by atoms with E-state index in [-0.39, 0.29) is 23.3 Å². The number of benzene rings is 1. The summed E-state index contributed by atoms with van der Waals surface area (Å²) in [5.74, 6) is -0.146. The van der Waals surface area contributed by atoms with Crippen LogP contribution in [0.1, 0.15) is 24.2 Å². The number of nitrogens with zero attached hydrogens (tertiary/aromatic N) is 2. The summed E-state index contributed by atoms with van der Waals surface area (Å²) < 4.78 is 23.0. The Balaban J connectivity index is 1.61. The van der Waals surface area contributed by atoms with Crippen molar-refractivity contribution in [3.05, 3.63) is 65.3 Å². The Morgan fingerprint density at radius 3 is 2.56 bits per heavy atom. The van der Waals surface area contributed by atoms with Crippen molar-refractivity contribution in [2.45, 2.75) is 24.3 Å². The van der Waals surface area contributed by atoms with Crippen molar-refractivity contribution >= 4 is 27.1 Å². The number of sulfone groups is 1. The minimum atomic E-state index is -3.23. The molecule has 2 heterocycles. The molecule has 0 aliphatic carbocycles. The van der Waals surface area contributed by atoms with Crippen molar-refractivity contribution in [2.24, 2.45) is 0 Å². The van der Waals surface area contributed by atoms with E-state index >= 15 is 0 Å². The number of hydrogen-bond acceptors (Lipinski definition) is 6. The Morgan fingerprint density at radius 1 is 1.19 bits per heavy atom. The summed E-state index contributed by atoms with van der Waals surface area (Å²) in [6.45, 7) is 1.85. The number of carbonyl (C=O) groups excluding carboxylic acids is 1. The second-order valence-corrected chi connectivity index (χ2v) is 9.04.